The van der Waals surface area contributed by atoms with Crippen molar-refractivity contribution in [2.45, 2.75) is 6.92 Å². The molecule has 4 nitrogen and oxygen atoms in total. The number of ether oxygens (including phenoxy) is 1. The predicted octanol–water partition coefficient (Wildman–Crippen LogP) is 2.10. The molecule has 0 saturated heterocycles. The van der Waals surface area contributed by atoms with Gasteiger partial charge in [0.05, 0.1) is 12.2 Å². The minimum Gasteiger partial charge on any atom is -0.493 e. The van der Waals surface area contributed by atoms with Crippen molar-refractivity contribution in [3.05, 3.63) is 23.8 Å². The summed E-state index contributed by atoms with van der Waals surface area (Å²) < 4.78 is 5.41. The molecule has 3 N–H and O–H groups in total. The maximum absolute atomic E-state index is 10.8. The summed E-state index contributed by atoms with van der Waals surface area (Å²) in [5.74, 6) is 1.45. The number of nitrogen functional groups attached to an aromatic ring is 1. The highest BCUT2D eigenvalue weighted by molar-refractivity contribution is 7.99. The van der Waals surface area contributed by atoms with E-state index in [1.54, 1.807) is 23.9 Å². The standard InChI is InChI=1S/C11H15NO3S/c1-2-16-6-5-15-8-3-4-10(12)9(7-8)11(13)14/h3-4,7H,2,5-6,12H2,1H3,(H,13,14). The Kier molecular flexibility index (Phi) is 4.98. The Balaban J connectivity index is 2.61. The van der Waals surface area contributed by atoms with Gasteiger partial charge in [0.15, 0.2) is 0 Å². The normalized spacial score (nSPS) is 10.1. The number of hydrogen-bond donors (Lipinski definition) is 2. The van der Waals surface area contributed by atoms with Crippen molar-refractivity contribution < 1.29 is 14.6 Å². The number of nitrogens with two attached hydrogens (primary N) is 1. The first-order chi connectivity index (χ1) is 7.65. The number of anilines is 1. The van der Waals surface area contributed by atoms with E-state index in [0.717, 1.165) is 11.5 Å². The molecule has 0 unspecified atom stereocenters. The van der Waals surface area contributed by atoms with Crippen LogP contribution >= 0.6 is 11.8 Å². The molecule has 0 atom stereocenters. The van der Waals surface area contributed by atoms with E-state index in [2.05, 4.69) is 6.92 Å². The highest BCUT2D eigenvalue weighted by Gasteiger charge is 2.08. The Morgan fingerprint density at radius 1 is 1.56 bits per heavy atom. The molecule has 0 radical (unpaired) electrons. The lowest BCUT2D eigenvalue weighted by Crippen LogP contribution is -2.05. The topological polar surface area (TPSA) is 72.5 Å². The summed E-state index contributed by atoms with van der Waals surface area (Å²) in [6, 6.07) is 4.68. The average molecular weight is 241 g/mol. The molecule has 0 aliphatic rings. The number of rotatable bonds is 6. The van der Waals surface area contributed by atoms with E-state index < -0.39 is 5.97 Å². The van der Waals surface area contributed by atoms with Crippen LogP contribution in [0.25, 0.3) is 0 Å². The third-order valence-electron chi connectivity index (χ3n) is 1.96. The van der Waals surface area contributed by atoms with Crippen molar-refractivity contribution in [1.29, 1.82) is 0 Å². The van der Waals surface area contributed by atoms with Crippen LogP contribution in [0.15, 0.2) is 18.2 Å². The first-order valence-corrected chi connectivity index (χ1v) is 6.14. The van der Waals surface area contributed by atoms with E-state index in [-0.39, 0.29) is 11.3 Å². The molecule has 0 aliphatic carbocycles. The SMILES string of the molecule is CCSCCOc1ccc(N)c(C(=O)O)c1. The highest BCUT2D eigenvalue weighted by atomic mass is 32.2. The number of thioether (sulfide) groups is 1. The second kappa shape index (κ2) is 6.27. The Hall–Kier alpha value is -1.36. The van der Waals surface area contributed by atoms with Gasteiger partial charge in [-0.15, -0.1) is 0 Å². The summed E-state index contributed by atoms with van der Waals surface area (Å²) >= 11 is 1.77. The monoisotopic (exact) mass is 241 g/mol. The number of hydrogen-bond acceptors (Lipinski definition) is 4. The minimum absolute atomic E-state index is 0.0839. The fourth-order valence-electron chi connectivity index (χ4n) is 1.17. The van der Waals surface area contributed by atoms with Crippen molar-refractivity contribution in [2.24, 2.45) is 0 Å². The maximum Gasteiger partial charge on any atom is 0.337 e. The van der Waals surface area contributed by atoms with Crippen LogP contribution in [0.2, 0.25) is 0 Å². The van der Waals surface area contributed by atoms with Gasteiger partial charge < -0.3 is 15.6 Å². The Labute approximate surface area is 98.8 Å². The molecule has 0 spiro atoms. The molecule has 0 aliphatic heterocycles. The zero-order valence-corrected chi connectivity index (χ0v) is 9.92. The van der Waals surface area contributed by atoms with E-state index >= 15 is 0 Å². The van der Waals surface area contributed by atoms with Crippen LogP contribution in [0, 0.1) is 0 Å². The van der Waals surface area contributed by atoms with Crippen molar-refractivity contribution in [1.82, 2.24) is 0 Å². The lowest BCUT2D eigenvalue weighted by molar-refractivity contribution is 0.0697. The second-order valence-corrected chi connectivity index (χ2v) is 4.49. The van der Waals surface area contributed by atoms with Crippen molar-refractivity contribution in [3.8, 4) is 5.75 Å². The van der Waals surface area contributed by atoms with Crippen LogP contribution in [0.3, 0.4) is 0 Å². The molecule has 5 heteroatoms. The Morgan fingerprint density at radius 2 is 2.31 bits per heavy atom. The third-order valence-corrected chi connectivity index (χ3v) is 2.82. The zero-order chi connectivity index (χ0) is 12.0. The summed E-state index contributed by atoms with van der Waals surface area (Å²) in [7, 11) is 0. The average Bonchev–Trinajstić information content (AvgIpc) is 2.26. The first kappa shape index (κ1) is 12.7. The van der Waals surface area contributed by atoms with Crippen LogP contribution in [-0.4, -0.2) is 29.2 Å². The van der Waals surface area contributed by atoms with Crippen molar-refractivity contribution in [2.75, 3.05) is 23.8 Å². The van der Waals surface area contributed by atoms with Crippen LogP contribution < -0.4 is 10.5 Å². The van der Waals surface area contributed by atoms with Crippen molar-refractivity contribution >= 4 is 23.4 Å². The van der Waals surface area contributed by atoms with E-state index in [9.17, 15) is 4.79 Å². The van der Waals surface area contributed by atoms with E-state index in [1.165, 1.54) is 6.07 Å². The summed E-state index contributed by atoms with van der Waals surface area (Å²) in [6.07, 6.45) is 0. The van der Waals surface area contributed by atoms with Crippen molar-refractivity contribution in [3.63, 3.8) is 0 Å². The smallest absolute Gasteiger partial charge is 0.337 e. The van der Waals surface area contributed by atoms with E-state index in [0.29, 0.717) is 12.4 Å². The van der Waals surface area contributed by atoms with Gasteiger partial charge >= 0.3 is 5.97 Å². The summed E-state index contributed by atoms with van der Waals surface area (Å²) in [4.78, 5) is 10.8. The summed E-state index contributed by atoms with van der Waals surface area (Å²) in [5, 5.41) is 8.86. The number of carboxylic acids is 1. The van der Waals surface area contributed by atoms with Gasteiger partial charge in [-0.1, -0.05) is 6.92 Å². The van der Waals surface area contributed by atoms with Crippen LogP contribution in [0.5, 0.6) is 5.75 Å². The molecule has 1 aromatic carbocycles. The predicted molar refractivity (Wildman–Crippen MR) is 66.3 cm³/mol. The van der Waals surface area contributed by atoms with Gasteiger partial charge in [-0.25, -0.2) is 4.79 Å². The fourth-order valence-corrected chi connectivity index (χ4v) is 1.66. The quantitative estimate of drug-likeness (QED) is 0.589. The van der Waals surface area contributed by atoms with Gasteiger partial charge in [0.2, 0.25) is 0 Å². The Bertz CT molecular complexity index is 368. The van der Waals surface area contributed by atoms with E-state index in [4.69, 9.17) is 15.6 Å². The van der Waals surface area contributed by atoms with Gasteiger partial charge in [0.1, 0.15) is 5.75 Å². The van der Waals surface area contributed by atoms with Gasteiger partial charge in [0, 0.05) is 11.4 Å². The fraction of sp³-hybridized carbons (Fsp3) is 0.364. The minimum atomic E-state index is -1.04. The molecular weight excluding hydrogens is 226 g/mol. The molecule has 16 heavy (non-hydrogen) atoms. The lowest BCUT2D eigenvalue weighted by atomic mass is 10.2. The lowest BCUT2D eigenvalue weighted by Gasteiger charge is -2.07. The van der Waals surface area contributed by atoms with Crippen LogP contribution in [0.1, 0.15) is 17.3 Å². The van der Waals surface area contributed by atoms with Gasteiger partial charge in [-0.2, -0.15) is 11.8 Å². The number of benzene rings is 1. The van der Waals surface area contributed by atoms with Crippen LogP contribution in [-0.2, 0) is 0 Å². The molecule has 88 valence electrons. The van der Waals surface area contributed by atoms with Crippen LogP contribution in [0.4, 0.5) is 5.69 Å². The first-order valence-electron chi connectivity index (χ1n) is 4.98. The number of carbonyl (C=O) groups is 1. The molecule has 0 amide bonds. The molecule has 0 aromatic heterocycles. The highest BCUT2D eigenvalue weighted by Crippen LogP contribution is 2.19. The van der Waals surface area contributed by atoms with E-state index in [1.807, 2.05) is 0 Å². The molecule has 0 heterocycles. The molecule has 0 bridgehead atoms. The molecule has 1 rings (SSSR count). The Morgan fingerprint density at radius 3 is 2.94 bits per heavy atom. The molecule has 0 saturated carbocycles. The molecule has 0 fully saturated rings. The maximum atomic E-state index is 10.8. The van der Waals surface area contributed by atoms with Gasteiger partial charge in [-0.05, 0) is 24.0 Å². The number of aromatic carboxylic acids is 1. The van der Waals surface area contributed by atoms with Gasteiger partial charge in [-0.3, -0.25) is 0 Å². The molecular formula is C11H15NO3S. The summed E-state index contributed by atoms with van der Waals surface area (Å²) in [6.45, 7) is 2.65. The second-order valence-electron chi connectivity index (χ2n) is 3.10. The van der Waals surface area contributed by atoms with Gasteiger partial charge in [0.25, 0.3) is 0 Å². The largest absolute Gasteiger partial charge is 0.493 e. The summed E-state index contributed by atoms with van der Waals surface area (Å²) in [5.41, 5.74) is 5.86. The zero-order valence-electron chi connectivity index (χ0n) is 9.10. The number of carboxylic acid groups (broad SMARTS) is 1. The molecule has 1 aromatic rings. The third kappa shape index (κ3) is 3.66.